The van der Waals surface area contributed by atoms with Crippen LogP contribution in [0.2, 0.25) is 0 Å². The standard InChI is InChI=1S/C10H13NO2/c1-11-8-9-2-4-10(5-3-9)12-6-7-13-10/h8H,2-7H2. The molecular weight excluding hydrogens is 166 g/mol. The Labute approximate surface area is 78.2 Å². The first-order valence-corrected chi connectivity index (χ1v) is 4.67. The van der Waals surface area contributed by atoms with E-state index >= 15 is 0 Å². The van der Waals surface area contributed by atoms with Gasteiger partial charge >= 0.3 is 0 Å². The van der Waals surface area contributed by atoms with Crippen molar-refractivity contribution in [3.63, 3.8) is 0 Å². The molecule has 1 spiro atoms. The Morgan fingerprint density at radius 3 is 2.38 bits per heavy atom. The summed E-state index contributed by atoms with van der Waals surface area (Å²) in [6, 6.07) is 0. The Bertz CT molecular complexity index is 247. The van der Waals surface area contributed by atoms with E-state index in [0.717, 1.165) is 38.9 Å². The van der Waals surface area contributed by atoms with Crippen molar-refractivity contribution in [2.24, 2.45) is 0 Å². The Kier molecular flexibility index (Phi) is 2.34. The van der Waals surface area contributed by atoms with Gasteiger partial charge in [-0.1, -0.05) is 5.57 Å². The molecule has 0 aromatic heterocycles. The minimum atomic E-state index is -0.292. The molecule has 1 aliphatic carbocycles. The average molecular weight is 179 g/mol. The maximum atomic E-state index is 6.73. The summed E-state index contributed by atoms with van der Waals surface area (Å²) < 4.78 is 11.2. The van der Waals surface area contributed by atoms with Crippen molar-refractivity contribution in [1.29, 1.82) is 0 Å². The van der Waals surface area contributed by atoms with E-state index in [9.17, 15) is 0 Å². The molecular formula is C10H13NO2. The Morgan fingerprint density at radius 2 is 1.85 bits per heavy atom. The minimum Gasteiger partial charge on any atom is -0.348 e. The minimum absolute atomic E-state index is 0.292. The lowest BCUT2D eigenvalue weighted by atomic mass is 9.90. The van der Waals surface area contributed by atoms with Gasteiger partial charge in [-0.2, -0.15) is 0 Å². The van der Waals surface area contributed by atoms with Crippen molar-refractivity contribution in [2.75, 3.05) is 13.2 Å². The third kappa shape index (κ3) is 1.74. The molecule has 0 unspecified atom stereocenters. The van der Waals surface area contributed by atoms with Gasteiger partial charge in [-0.15, -0.1) is 0 Å². The second kappa shape index (κ2) is 3.49. The van der Waals surface area contributed by atoms with Crippen LogP contribution in [0, 0.1) is 6.57 Å². The van der Waals surface area contributed by atoms with Crippen LogP contribution in [0.3, 0.4) is 0 Å². The lowest BCUT2D eigenvalue weighted by Crippen LogP contribution is -2.32. The van der Waals surface area contributed by atoms with E-state index in [2.05, 4.69) is 4.85 Å². The van der Waals surface area contributed by atoms with Crippen molar-refractivity contribution in [3.05, 3.63) is 23.2 Å². The molecule has 3 nitrogen and oxygen atoms in total. The van der Waals surface area contributed by atoms with Crippen LogP contribution >= 0.6 is 0 Å². The molecule has 0 amide bonds. The zero-order chi connectivity index (χ0) is 9.15. The lowest BCUT2D eigenvalue weighted by Gasteiger charge is -2.32. The molecule has 0 aromatic carbocycles. The summed E-state index contributed by atoms with van der Waals surface area (Å²) in [5, 5.41) is 0. The molecule has 0 atom stereocenters. The molecule has 0 radical (unpaired) electrons. The normalized spacial score (nSPS) is 25.9. The quantitative estimate of drug-likeness (QED) is 0.531. The predicted molar refractivity (Wildman–Crippen MR) is 47.8 cm³/mol. The topological polar surface area (TPSA) is 22.8 Å². The first kappa shape index (κ1) is 8.74. The highest BCUT2D eigenvalue weighted by Crippen LogP contribution is 2.37. The summed E-state index contributed by atoms with van der Waals surface area (Å²) in [4.78, 5) is 3.28. The second-order valence-corrected chi connectivity index (χ2v) is 3.52. The van der Waals surface area contributed by atoms with Crippen LogP contribution in [0.25, 0.3) is 4.85 Å². The second-order valence-electron chi connectivity index (χ2n) is 3.52. The molecule has 1 heterocycles. The van der Waals surface area contributed by atoms with E-state index in [0.29, 0.717) is 0 Å². The number of ether oxygens (including phenoxy) is 2. The molecule has 13 heavy (non-hydrogen) atoms. The molecule has 2 rings (SSSR count). The Balaban J connectivity index is 1.96. The lowest BCUT2D eigenvalue weighted by molar-refractivity contribution is -0.171. The summed E-state index contributed by atoms with van der Waals surface area (Å²) in [6.45, 7) is 8.17. The molecule has 2 aliphatic rings. The van der Waals surface area contributed by atoms with Crippen LogP contribution in [0.4, 0.5) is 0 Å². The largest absolute Gasteiger partial charge is 0.348 e. The fourth-order valence-corrected chi connectivity index (χ4v) is 1.96. The third-order valence-electron chi connectivity index (χ3n) is 2.71. The average Bonchev–Trinajstić information content (AvgIpc) is 2.59. The van der Waals surface area contributed by atoms with E-state index in [1.165, 1.54) is 5.57 Å². The van der Waals surface area contributed by atoms with Crippen molar-refractivity contribution >= 4 is 0 Å². The van der Waals surface area contributed by atoms with Gasteiger partial charge in [0.05, 0.1) is 19.8 Å². The van der Waals surface area contributed by atoms with Crippen molar-refractivity contribution in [1.82, 2.24) is 0 Å². The number of hydrogen-bond donors (Lipinski definition) is 0. The fraction of sp³-hybridized carbons (Fsp3) is 0.700. The van der Waals surface area contributed by atoms with Gasteiger partial charge in [-0.05, 0) is 12.8 Å². The molecule has 2 fully saturated rings. The summed E-state index contributed by atoms with van der Waals surface area (Å²) in [5.41, 5.74) is 1.24. The van der Waals surface area contributed by atoms with E-state index in [1.807, 2.05) is 0 Å². The maximum absolute atomic E-state index is 6.73. The third-order valence-corrected chi connectivity index (χ3v) is 2.71. The van der Waals surface area contributed by atoms with E-state index in [1.54, 1.807) is 6.20 Å². The Hall–Kier alpha value is -0.850. The van der Waals surface area contributed by atoms with Gasteiger partial charge in [0.2, 0.25) is 0 Å². The number of allylic oxidation sites excluding steroid dienone is 1. The van der Waals surface area contributed by atoms with Gasteiger partial charge in [-0.3, -0.25) is 0 Å². The van der Waals surface area contributed by atoms with Crippen LogP contribution < -0.4 is 0 Å². The Morgan fingerprint density at radius 1 is 1.23 bits per heavy atom. The molecule has 1 saturated heterocycles. The number of rotatable bonds is 0. The summed E-state index contributed by atoms with van der Waals surface area (Å²) in [5.74, 6) is -0.292. The SMILES string of the molecule is [C-]#[N+]C=C1CCC2(CC1)OCCO2. The summed E-state index contributed by atoms with van der Waals surface area (Å²) >= 11 is 0. The van der Waals surface area contributed by atoms with Gasteiger partial charge in [0.1, 0.15) is 0 Å². The zero-order valence-corrected chi connectivity index (χ0v) is 7.58. The van der Waals surface area contributed by atoms with Crippen LogP contribution in [0.15, 0.2) is 11.8 Å². The van der Waals surface area contributed by atoms with Gasteiger partial charge in [0.15, 0.2) is 12.0 Å². The highest BCUT2D eigenvalue weighted by molar-refractivity contribution is 5.10. The van der Waals surface area contributed by atoms with Gasteiger partial charge in [0, 0.05) is 12.8 Å². The van der Waals surface area contributed by atoms with Crippen LogP contribution in [-0.2, 0) is 9.47 Å². The molecule has 70 valence electrons. The zero-order valence-electron chi connectivity index (χ0n) is 7.58. The first-order valence-electron chi connectivity index (χ1n) is 4.67. The van der Waals surface area contributed by atoms with Crippen LogP contribution in [-0.4, -0.2) is 19.0 Å². The van der Waals surface area contributed by atoms with E-state index in [4.69, 9.17) is 16.0 Å². The van der Waals surface area contributed by atoms with E-state index in [-0.39, 0.29) is 5.79 Å². The smallest absolute Gasteiger partial charge is 0.169 e. The van der Waals surface area contributed by atoms with E-state index < -0.39 is 0 Å². The van der Waals surface area contributed by atoms with Crippen LogP contribution in [0.1, 0.15) is 25.7 Å². The van der Waals surface area contributed by atoms with Crippen molar-refractivity contribution < 1.29 is 9.47 Å². The highest BCUT2D eigenvalue weighted by Gasteiger charge is 2.38. The predicted octanol–water partition coefficient (Wildman–Crippen LogP) is 2.11. The number of nitrogens with zero attached hydrogens (tertiary/aromatic N) is 1. The van der Waals surface area contributed by atoms with Gasteiger partial charge in [0.25, 0.3) is 0 Å². The van der Waals surface area contributed by atoms with Crippen molar-refractivity contribution in [3.8, 4) is 0 Å². The fourth-order valence-electron chi connectivity index (χ4n) is 1.96. The molecule has 1 aliphatic heterocycles. The molecule has 0 N–H and O–H groups in total. The molecule has 0 aromatic rings. The molecule has 0 bridgehead atoms. The highest BCUT2D eigenvalue weighted by atomic mass is 16.7. The molecule has 1 saturated carbocycles. The van der Waals surface area contributed by atoms with Crippen molar-refractivity contribution in [2.45, 2.75) is 31.5 Å². The first-order chi connectivity index (χ1) is 6.35. The van der Waals surface area contributed by atoms with Crippen LogP contribution in [0.5, 0.6) is 0 Å². The maximum Gasteiger partial charge on any atom is 0.169 e. The molecule has 3 heteroatoms. The summed E-state index contributed by atoms with van der Waals surface area (Å²) in [6.07, 6.45) is 5.36. The van der Waals surface area contributed by atoms with Gasteiger partial charge < -0.3 is 9.47 Å². The number of hydrogen-bond acceptors (Lipinski definition) is 2. The van der Waals surface area contributed by atoms with Gasteiger partial charge in [-0.25, -0.2) is 4.85 Å². The monoisotopic (exact) mass is 179 g/mol. The summed E-state index contributed by atoms with van der Waals surface area (Å²) in [7, 11) is 0.